The van der Waals surface area contributed by atoms with Crippen molar-refractivity contribution in [2.75, 3.05) is 11.9 Å². The van der Waals surface area contributed by atoms with Gasteiger partial charge < -0.3 is 9.88 Å². The summed E-state index contributed by atoms with van der Waals surface area (Å²) >= 11 is 0. The van der Waals surface area contributed by atoms with Gasteiger partial charge in [0.05, 0.1) is 6.54 Å². The van der Waals surface area contributed by atoms with Crippen molar-refractivity contribution in [3.8, 4) is 0 Å². The summed E-state index contributed by atoms with van der Waals surface area (Å²) in [6.45, 7) is 10.9. The molecule has 0 bridgehead atoms. The monoisotopic (exact) mass is 298 g/mol. The third-order valence-electron chi connectivity index (χ3n) is 4.25. The summed E-state index contributed by atoms with van der Waals surface area (Å²) in [5, 5.41) is 3.32. The van der Waals surface area contributed by atoms with Crippen LogP contribution in [0.25, 0.3) is 0 Å². The van der Waals surface area contributed by atoms with E-state index in [2.05, 4.69) is 36.7 Å². The Hall–Kier alpha value is -2.03. The van der Waals surface area contributed by atoms with Crippen LogP contribution in [0, 0.1) is 13.8 Å². The van der Waals surface area contributed by atoms with Crippen molar-refractivity contribution >= 4 is 11.5 Å². The van der Waals surface area contributed by atoms with E-state index in [1.165, 1.54) is 5.56 Å². The highest BCUT2D eigenvalue weighted by Crippen LogP contribution is 2.29. The Kier molecular flexibility index (Phi) is 4.45. The molecule has 1 aromatic carbocycles. The number of benzene rings is 1. The number of hydrogen-bond acceptors (Lipinski definition) is 2. The van der Waals surface area contributed by atoms with Gasteiger partial charge in [0.25, 0.3) is 0 Å². The third kappa shape index (κ3) is 3.24. The van der Waals surface area contributed by atoms with Crippen molar-refractivity contribution in [2.24, 2.45) is 7.05 Å². The molecule has 3 nitrogen and oxygen atoms in total. The van der Waals surface area contributed by atoms with Crippen molar-refractivity contribution in [2.45, 2.75) is 40.0 Å². The van der Waals surface area contributed by atoms with E-state index in [0.717, 1.165) is 22.6 Å². The topological polar surface area (TPSA) is 34.0 Å². The van der Waals surface area contributed by atoms with Gasteiger partial charge in [-0.15, -0.1) is 0 Å². The van der Waals surface area contributed by atoms with Crippen molar-refractivity contribution in [1.29, 1.82) is 0 Å². The molecule has 2 rings (SSSR count). The first-order valence-electron chi connectivity index (χ1n) is 7.71. The summed E-state index contributed by atoms with van der Waals surface area (Å²) in [5.74, 6) is 0.130. The fourth-order valence-corrected chi connectivity index (χ4v) is 2.70. The SMILES string of the molecule is Cc1cc(C(=O)CNc2ccccc2C(C)(C)C)c(C)n1C. The molecule has 1 aromatic heterocycles. The summed E-state index contributed by atoms with van der Waals surface area (Å²) in [5.41, 5.74) is 5.24. The Balaban J connectivity index is 2.17. The fourth-order valence-electron chi connectivity index (χ4n) is 2.70. The Morgan fingerprint density at radius 1 is 1.18 bits per heavy atom. The highest BCUT2D eigenvalue weighted by Gasteiger charge is 2.19. The lowest BCUT2D eigenvalue weighted by Crippen LogP contribution is -2.19. The highest BCUT2D eigenvalue weighted by atomic mass is 16.1. The number of rotatable bonds is 4. The van der Waals surface area contributed by atoms with Gasteiger partial charge in [-0.25, -0.2) is 0 Å². The molecule has 0 fully saturated rings. The number of nitrogens with one attached hydrogen (secondary N) is 1. The van der Waals surface area contributed by atoms with E-state index in [9.17, 15) is 4.79 Å². The maximum atomic E-state index is 12.5. The number of hydrogen-bond donors (Lipinski definition) is 1. The predicted molar refractivity (Wildman–Crippen MR) is 92.8 cm³/mol. The fraction of sp³-hybridized carbons (Fsp3) is 0.421. The molecule has 118 valence electrons. The zero-order chi connectivity index (χ0) is 16.5. The lowest BCUT2D eigenvalue weighted by molar-refractivity contribution is 0.101. The van der Waals surface area contributed by atoms with E-state index in [1.807, 2.05) is 45.2 Å². The van der Waals surface area contributed by atoms with Crippen LogP contribution in [0.1, 0.15) is 48.1 Å². The molecule has 0 saturated carbocycles. The molecule has 1 N–H and O–H groups in total. The van der Waals surface area contributed by atoms with Crippen molar-refractivity contribution in [3.05, 3.63) is 52.8 Å². The minimum absolute atomic E-state index is 0.0475. The minimum Gasteiger partial charge on any atom is -0.377 e. The predicted octanol–water partition coefficient (Wildman–Crippen LogP) is 4.23. The van der Waals surface area contributed by atoms with Crippen LogP contribution in [0.5, 0.6) is 0 Å². The van der Waals surface area contributed by atoms with Gasteiger partial charge in [-0.05, 0) is 37.0 Å². The standard InChI is InChI=1S/C19H26N2O/c1-13-11-15(14(2)21(13)6)18(22)12-20-17-10-8-7-9-16(17)19(3,4)5/h7-11,20H,12H2,1-6H3. The minimum atomic E-state index is 0.0475. The zero-order valence-electron chi connectivity index (χ0n) is 14.4. The Bertz CT molecular complexity index is 690. The van der Waals surface area contributed by atoms with Crippen LogP contribution >= 0.6 is 0 Å². The molecular formula is C19H26N2O. The number of aryl methyl sites for hydroxylation is 1. The highest BCUT2D eigenvalue weighted by molar-refractivity contribution is 6.00. The van der Waals surface area contributed by atoms with E-state index in [4.69, 9.17) is 0 Å². The van der Waals surface area contributed by atoms with E-state index >= 15 is 0 Å². The quantitative estimate of drug-likeness (QED) is 0.857. The second-order valence-electron chi connectivity index (χ2n) is 6.92. The molecule has 0 spiro atoms. The average Bonchev–Trinajstić information content (AvgIpc) is 2.72. The normalized spacial score (nSPS) is 11.5. The molecule has 22 heavy (non-hydrogen) atoms. The van der Waals surface area contributed by atoms with Crippen LogP contribution in [0.2, 0.25) is 0 Å². The molecule has 0 aliphatic heterocycles. The van der Waals surface area contributed by atoms with Crippen LogP contribution in [-0.2, 0) is 12.5 Å². The summed E-state index contributed by atoms with van der Waals surface area (Å²) in [6.07, 6.45) is 0. The molecule has 0 aliphatic rings. The zero-order valence-corrected chi connectivity index (χ0v) is 14.4. The molecule has 0 aliphatic carbocycles. The molecule has 0 radical (unpaired) electrons. The van der Waals surface area contributed by atoms with Gasteiger partial charge in [-0.2, -0.15) is 0 Å². The maximum absolute atomic E-state index is 12.5. The van der Waals surface area contributed by atoms with Crippen LogP contribution in [0.3, 0.4) is 0 Å². The summed E-state index contributed by atoms with van der Waals surface area (Å²) in [4.78, 5) is 12.5. The van der Waals surface area contributed by atoms with Gasteiger partial charge >= 0.3 is 0 Å². The Morgan fingerprint density at radius 2 is 1.82 bits per heavy atom. The lowest BCUT2D eigenvalue weighted by Gasteiger charge is -2.23. The number of aromatic nitrogens is 1. The van der Waals surface area contributed by atoms with E-state index in [1.54, 1.807) is 0 Å². The van der Waals surface area contributed by atoms with Gasteiger partial charge in [0.15, 0.2) is 5.78 Å². The van der Waals surface area contributed by atoms with Crippen LogP contribution in [0.4, 0.5) is 5.69 Å². The number of ketones is 1. The first-order valence-corrected chi connectivity index (χ1v) is 7.71. The van der Waals surface area contributed by atoms with Gasteiger partial charge in [0, 0.05) is 29.7 Å². The number of Topliss-reactive ketones (excluding diaryl/α,β-unsaturated/α-hetero) is 1. The second kappa shape index (κ2) is 5.99. The molecule has 0 atom stereocenters. The molecule has 2 aromatic rings. The molecule has 3 heteroatoms. The van der Waals surface area contributed by atoms with Gasteiger partial charge in [-0.1, -0.05) is 39.0 Å². The molecule has 0 saturated heterocycles. The summed E-state index contributed by atoms with van der Waals surface area (Å²) in [7, 11) is 1.99. The molecule has 0 amide bonds. The van der Waals surface area contributed by atoms with Gasteiger partial charge in [0.1, 0.15) is 0 Å². The summed E-state index contributed by atoms with van der Waals surface area (Å²) < 4.78 is 2.05. The smallest absolute Gasteiger partial charge is 0.183 e. The Labute approximate surface area is 133 Å². The Morgan fingerprint density at radius 3 is 2.36 bits per heavy atom. The van der Waals surface area contributed by atoms with Crippen LogP contribution in [-0.4, -0.2) is 16.9 Å². The first-order chi connectivity index (χ1) is 10.2. The summed E-state index contributed by atoms with van der Waals surface area (Å²) in [6, 6.07) is 10.2. The van der Waals surface area contributed by atoms with E-state index < -0.39 is 0 Å². The number of carbonyl (C=O) groups is 1. The molecular weight excluding hydrogens is 272 g/mol. The van der Waals surface area contributed by atoms with Crippen LogP contribution in [0.15, 0.2) is 30.3 Å². The van der Waals surface area contributed by atoms with Gasteiger partial charge in [0.2, 0.25) is 0 Å². The van der Waals surface area contributed by atoms with E-state index in [0.29, 0.717) is 6.54 Å². The first kappa shape index (κ1) is 16.3. The second-order valence-corrected chi connectivity index (χ2v) is 6.92. The van der Waals surface area contributed by atoms with Crippen LogP contribution < -0.4 is 5.32 Å². The largest absolute Gasteiger partial charge is 0.377 e. The average molecular weight is 298 g/mol. The van der Waals surface area contributed by atoms with Crippen molar-refractivity contribution in [1.82, 2.24) is 4.57 Å². The molecule has 0 unspecified atom stereocenters. The van der Waals surface area contributed by atoms with Gasteiger partial charge in [-0.3, -0.25) is 4.79 Å². The number of para-hydroxylation sites is 1. The molecule has 1 heterocycles. The maximum Gasteiger partial charge on any atom is 0.183 e. The van der Waals surface area contributed by atoms with Crippen molar-refractivity contribution < 1.29 is 4.79 Å². The number of anilines is 1. The van der Waals surface area contributed by atoms with Crippen molar-refractivity contribution in [3.63, 3.8) is 0 Å². The lowest BCUT2D eigenvalue weighted by atomic mass is 9.86. The number of carbonyl (C=O) groups excluding carboxylic acids is 1. The number of nitrogens with zero attached hydrogens (tertiary/aromatic N) is 1. The van der Waals surface area contributed by atoms with E-state index in [-0.39, 0.29) is 11.2 Å². The third-order valence-corrected chi connectivity index (χ3v) is 4.25.